The normalized spacial score (nSPS) is 17.6. The highest BCUT2D eigenvalue weighted by atomic mass is 32.2. The minimum absolute atomic E-state index is 0.0468. The number of thioether (sulfide) groups is 1. The Morgan fingerprint density at radius 1 is 1.19 bits per heavy atom. The summed E-state index contributed by atoms with van der Waals surface area (Å²) in [5.74, 6) is -1.49. The van der Waals surface area contributed by atoms with E-state index < -0.39 is 16.8 Å². The number of carbonyl (C=O) groups excluding carboxylic acids is 1. The molecule has 0 unspecified atom stereocenters. The van der Waals surface area contributed by atoms with E-state index in [9.17, 15) is 24.8 Å². The van der Waals surface area contributed by atoms with Crippen LogP contribution in [0.4, 0.5) is 17.1 Å². The first-order chi connectivity index (χ1) is 14.8. The number of anilines is 2. The Kier molecular flexibility index (Phi) is 5.75. The molecule has 2 fully saturated rings. The van der Waals surface area contributed by atoms with Gasteiger partial charge >= 0.3 is 5.97 Å². The molecule has 0 radical (unpaired) electrons. The lowest BCUT2D eigenvalue weighted by atomic mass is 10.1. The maximum atomic E-state index is 13.1. The van der Waals surface area contributed by atoms with Crippen LogP contribution >= 0.6 is 24.0 Å². The number of nitro groups is 1. The molecule has 2 aliphatic rings. The maximum absolute atomic E-state index is 13.1. The van der Waals surface area contributed by atoms with Crippen molar-refractivity contribution in [3.63, 3.8) is 0 Å². The van der Waals surface area contributed by atoms with Gasteiger partial charge in [0.15, 0.2) is 4.32 Å². The van der Waals surface area contributed by atoms with Crippen LogP contribution in [0.5, 0.6) is 0 Å². The van der Waals surface area contributed by atoms with Crippen LogP contribution in [-0.4, -0.2) is 39.3 Å². The fourth-order valence-electron chi connectivity index (χ4n) is 3.63. The van der Waals surface area contributed by atoms with Gasteiger partial charge in [-0.15, -0.1) is 0 Å². The maximum Gasteiger partial charge on any atom is 0.335 e. The third-order valence-corrected chi connectivity index (χ3v) is 6.40. The van der Waals surface area contributed by atoms with E-state index in [0.29, 0.717) is 16.2 Å². The Hall–Kier alpha value is -3.24. The number of aromatic carboxylic acids is 1. The van der Waals surface area contributed by atoms with Crippen molar-refractivity contribution in [2.24, 2.45) is 0 Å². The minimum Gasteiger partial charge on any atom is -0.478 e. The number of carboxylic acid groups (broad SMARTS) is 1. The van der Waals surface area contributed by atoms with Crippen LogP contribution in [0.2, 0.25) is 0 Å². The zero-order valence-corrected chi connectivity index (χ0v) is 17.8. The van der Waals surface area contributed by atoms with Gasteiger partial charge < -0.3 is 10.0 Å². The minimum atomic E-state index is -1.10. The molecule has 31 heavy (non-hydrogen) atoms. The number of nitro benzene ring substituents is 1. The number of non-ortho nitro benzene ring substituents is 1. The van der Waals surface area contributed by atoms with Crippen molar-refractivity contribution in [3.05, 3.63) is 68.6 Å². The third kappa shape index (κ3) is 4.17. The van der Waals surface area contributed by atoms with Crippen LogP contribution in [0.1, 0.15) is 28.8 Å². The summed E-state index contributed by atoms with van der Waals surface area (Å²) in [5.41, 5.74) is 1.77. The van der Waals surface area contributed by atoms with Crippen molar-refractivity contribution in [2.75, 3.05) is 22.9 Å². The highest BCUT2D eigenvalue weighted by Gasteiger charge is 2.34. The number of carbonyl (C=O) groups is 2. The Balaban J connectivity index is 1.72. The van der Waals surface area contributed by atoms with E-state index in [1.807, 2.05) is 0 Å². The summed E-state index contributed by atoms with van der Waals surface area (Å²) in [7, 11) is 0. The zero-order valence-electron chi connectivity index (χ0n) is 16.2. The first-order valence-corrected chi connectivity index (χ1v) is 10.7. The average Bonchev–Trinajstić information content (AvgIpc) is 3.36. The first kappa shape index (κ1) is 21.0. The fraction of sp³-hybridized carbons (Fsp3) is 0.190. The van der Waals surface area contributed by atoms with Gasteiger partial charge in [0.1, 0.15) is 0 Å². The van der Waals surface area contributed by atoms with Gasteiger partial charge in [-0.25, -0.2) is 4.79 Å². The molecule has 0 aromatic heterocycles. The van der Waals surface area contributed by atoms with Crippen molar-refractivity contribution < 1.29 is 19.6 Å². The highest BCUT2D eigenvalue weighted by molar-refractivity contribution is 8.27. The summed E-state index contributed by atoms with van der Waals surface area (Å²) in [4.78, 5) is 39.0. The Morgan fingerprint density at radius 3 is 2.61 bits per heavy atom. The summed E-state index contributed by atoms with van der Waals surface area (Å²) in [6, 6.07) is 10.6. The SMILES string of the molecule is O=C(O)c1cccc(N2C(=O)/C(=C\c3cc([N+](=O)[O-])ccc3N3CCCC3)SC2=S)c1. The smallest absolute Gasteiger partial charge is 0.335 e. The molecule has 0 atom stereocenters. The molecule has 158 valence electrons. The van der Waals surface area contributed by atoms with Crippen LogP contribution in [-0.2, 0) is 4.79 Å². The number of rotatable bonds is 5. The fourth-order valence-corrected chi connectivity index (χ4v) is 4.92. The second-order valence-corrected chi connectivity index (χ2v) is 8.74. The second kappa shape index (κ2) is 8.48. The van der Waals surface area contributed by atoms with E-state index in [4.69, 9.17) is 12.2 Å². The largest absolute Gasteiger partial charge is 0.478 e. The van der Waals surface area contributed by atoms with Crippen molar-refractivity contribution in [2.45, 2.75) is 12.8 Å². The molecule has 0 spiro atoms. The quantitative estimate of drug-likeness (QED) is 0.308. The topological polar surface area (TPSA) is 104 Å². The molecule has 2 saturated heterocycles. The second-order valence-electron chi connectivity index (χ2n) is 7.07. The number of benzene rings is 2. The number of carboxylic acids is 1. The lowest BCUT2D eigenvalue weighted by Gasteiger charge is -2.20. The van der Waals surface area contributed by atoms with Crippen LogP contribution in [0.25, 0.3) is 6.08 Å². The number of amides is 1. The number of hydrogen-bond acceptors (Lipinski definition) is 7. The monoisotopic (exact) mass is 455 g/mol. The molecule has 2 heterocycles. The number of nitrogens with zero attached hydrogens (tertiary/aromatic N) is 3. The van der Waals surface area contributed by atoms with Crippen molar-refractivity contribution >= 4 is 63.3 Å². The van der Waals surface area contributed by atoms with E-state index in [-0.39, 0.29) is 15.6 Å². The summed E-state index contributed by atoms with van der Waals surface area (Å²) in [6.45, 7) is 1.70. The van der Waals surface area contributed by atoms with E-state index in [1.54, 1.807) is 24.3 Å². The van der Waals surface area contributed by atoms with Gasteiger partial charge in [0.05, 0.1) is 21.1 Å². The van der Waals surface area contributed by atoms with Crippen LogP contribution < -0.4 is 9.80 Å². The molecule has 0 bridgehead atoms. The van der Waals surface area contributed by atoms with Gasteiger partial charge in [-0.05, 0) is 43.2 Å². The molecule has 1 amide bonds. The molecule has 2 aliphatic heterocycles. The lowest BCUT2D eigenvalue weighted by Crippen LogP contribution is -2.27. The molecule has 2 aromatic rings. The summed E-state index contributed by atoms with van der Waals surface area (Å²) in [6.07, 6.45) is 3.71. The summed E-state index contributed by atoms with van der Waals surface area (Å²) in [5, 5.41) is 20.5. The zero-order chi connectivity index (χ0) is 22.1. The molecule has 10 heteroatoms. The van der Waals surface area contributed by atoms with Crippen molar-refractivity contribution in [1.82, 2.24) is 0 Å². The molecular weight excluding hydrogens is 438 g/mol. The van der Waals surface area contributed by atoms with Crippen LogP contribution in [0, 0.1) is 10.1 Å². The van der Waals surface area contributed by atoms with Gasteiger partial charge in [0.2, 0.25) is 0 Å². The van der Waals surface area contributed by atoms with Gasteiger partial charge in [0.25, 0.3) is 11.6 Å². The molecule has 8 nitrogen and oxygen atoms in total. The van der Waals surface area contributed by atoms with Crippen molar-refractivity contribution in [1.29, 1.82) is 0 Å². The predicted octanol–water partition coefficient (Wildman–Crippen LogP) is 4.30. The molecule has 0 aliphatic carbocycles. The van der Waals surface area contributed by atoms with Gasteiger partial charge in [-0.2, -0.15) is 0 Å². The van der Waals surface area contributed by atoms with Gasteiger partial charge in [-0.1, -0.05) is 30.0 Å². The summed E-state index contributed by atoms with van der Waals surface area (Å²) < 4.78 is 0.270. The molecular formula is C21H17N3O5S2. The molecule has 4 rings (SSSR count). The number of hydrogen-bond donors (Lipinski definition) is 1. The average molecular weight is 456 g/mol. The third-order valence-electron chi connectivity index (χ3n) is 5.10. The Bertz CT molecular complexity index is 1140. The molecule has 0 saturated carbocycles. The lowest BCUT2D eigenvalue weighted by molar-refractivity contribution is -0.384. The molecule has 1 N–H and O–H groups in total. The summed E-state index contributed by atoms with van der Waals surface area (Å²) >= 11 is 6.45. The van der Waals surface area contributed by atoms with E-state index >= 15 is 0 Å². The Morgan fingerprint density at radius 2 is 1.94 bits per heavy atom. The van der Waals surface area contributed by atoms with Crippen LogP contribution in [0.15, 0.2) is 47.4 Å². The standard InChI is InChI=1S/C21H17N3O5S2/c25-19-18(31-21(30)23(19)15-5-3-4-13(10-15)20(26)27)12-14-11-16(24(28)29)6-7-17(14)22-8-1-2-9-22/h3-7,10-12H,1-2,8-9H2,(H,26,27)/b18-12+. The van der Waals surface area contributed by atoms with Gasteiger partial charge in [-0.3, -0.25) is 19.8 Å². The van der Waals surface area contributed by atoms with E-state index in [1.165, 1.54) is 29.2 Å². The highest BCUT2D eigenvalue weighted by Crippen LogP contribution is 2.38. The first-order valence-electron chi connectivity index (χ1n) is 9.50. The number of thiocarbonyl (C=S) groups is 1. The van der Waals surface area contributed by atoms with E-state index in [0.717, 1.165) is 43.4 Å². The van der Waals surface area contributed by atoms with Gasteiger partial charge in [0, 0.05) is 36.5 Å². The van der Waals surface area contributed by atoms with Crippen LogP contribution in [0.3, 0.4) is 0 Å². The Labute approximate surface area is 187 Å². The molecule has 2 aromatic carbocycles. The van der Waals surface area contributed by atoms with Crippen molar-refractivity contribution in [3.8, 4) is 0 Å². The predicted molar refractivity (Wildman–Crippen MR) is 124 cm³/mol. The van der Waals surface area contributed by atoms with E-state index in [2.05, 4.69) is 4.90 Å².